The molecule has 2 N–H and O–H groups in total. The number of amides is 1. The molecule has 0 aliphatic carbocycles. The Kier molecular flexibility index (Phi) is 21.5. The van der Waals surface area contributed by atoms with E-state index in [9.17, 15) is 9.59 Å². The van der Waals surface area contributed by atoms with Gasteiger partial charge < -0.3 is 19.9 Å². The van der Waals surface area contributed by atoms with Gasteiger partial charge in [-0.05, 0) is 57.9 Å². The number of allylic oxidation sites excluding steroid dienone is 1. The average molecular weight is 565 g/mol. The monoisotopic (exact) mass is 564 g/mol. The zero-order chi connectivity index (χ0) is 31.2. The highest BCUT2D eigenvalue weighted by molar-refractivity contribution is 5.81. The molecule has 1 unspecified atom stereocenters. The van der Waals surface area contributed by atoms with E-state index in [1.807, 2.05) is 27.7 Å². The summed E-state index contributed by atoms with van der Waals surface area (Å²) in [6.45, 7) is 24.5. The van der Waals surface area contributed by atoms with E-state index in [0.29, 0.717) is 18.9 Å². The van der Waals surface area contributed by atoms with Crippen molar-refractivity contribution in [2.24, 2.45) is 16.0 Å². The third-order valence-corrected chi connectivity index (χ3v) is 6.82. The fourth-order valence-corrected chi connectivity index (χ4v) is 2.43. The van der Waals surface area contributed by atoms with E-state index in [1.54, 1.807) is 6.92 Å². The molecule has 1 rings (SSSR count). The summed E-state index contributed by atoms with van der Waals surface area (Å²) in [5.41, 5.74) is 1.70. The van der Waals surface area contributed by atoms with Crippen LogP contribution in [0.4, 0.5) is 4.79 Å². The van der Waals surface area contributed by atoms with Crippen LogP contribution in [0, 0.1) is 10.8 Å². The van der Waals surface area contributed by atoms with Crippen LogP contribution in [0.2, 0.25) is 0 Å². The van der Waals surface area contributed by atoms with Crippen LogP contribution in [0.5, 0.6) is 0 Å². The summed E-state index contributed by atoms with van der Waals surface area (Å²) in [5.74, 6) is 1.19. The van der Waals surface area contributed by atoms with Gasteiger partial charge in [0, 0.05) is 5.41 Å². The van der Waals surface area contributed by atoms with Crippen molar-refractivity contribution in [2.45, 2.75) is 101 Å². The van der Waals surface area contributed by atoms with E-state index < -0.39 is 11.5 Å². The molecule has 0 aliphatic heterocycles. The van der Waals surface area contributed by atoms with Crippen molar-refractivity contribution in [3.63, 3.8) is 0 Å². The second-order valence-corrected chi connectivity index (χ2v) is 10.8. The van der Waals surface area contributed by atoms with Gasteiger partial charge in [-0.3, -0.25) is 9.63 Å². The van der Waals surface area contributed by atoms with E-state index in [1.165, 1.54) is 12.0 Å². The van der Waals surface area contributed by atoms with E-state index in [0.717, 1.165) is 24.3 Å². The molecule has 0 spiro atoms. The van der Waals surface area contributed by atoms with Crippen molar-refractivity contribution >= 4 is 17.8 Å². The van der Waals surface area contributed by atoms with Gasteiger partial charge in [0.25, 0.3) is 0 Å². The van der Waals surface area contributed by atoms with Gasteiger partial charge in [-0.1, -0.05) is 90.5 Å². The fraction of sp³-hybridized carbons (Fsp3) is 0.656. The van der Waals surface area contributed by atoms with Crippen LogP contribution in [-0.2, 0) is 19.1 Å². The first-order chi connectivity index (χ1) is 18.7. The molecule has 1 atom stereocenters. The maximum atomic E-state index is 11.6. The quantitative estimate of drug-likeness (QED) is 0.0601. The Labute approximate surface area is 243 Å². The third-order valence-electron chi connectivity index (χ3n) is 6.82. The van der Waals surface area contributed by atoms with Gasteiger partial charge >= 0.3 is 12.1 Å². The molecule has 1 aromatic rings. The lowest BCUT2D eigenvalue weighted by molar-refractivity contribution is -0.153. The van der Waals surface area contributed by atoms with Crippen LogP contribution in [0.3, 0.4) is 0 Å². The number of nitrogens with one attached hydrogen (secondary N) is 1. The first-order valence-corrected chi connectivity index (χ1v) is 14.4. The van der Waals surface area contributed by atoms with Crippen LogP contribution in [0.25, 0.3) is 0 Å². The number of nitrogens with zero attached hydrogens (tertiary/aromatic N) is 1. The highest BCUT2D eigenvalue weighted by Gasteiger charge is 2.26. The van der Waals surface area contributed by atoms with E-state index in [-0.39, 0.29) is 31.1 Å². The average Bonchev–Trinajstić information content (AvgIpc) is 2.97. The van der Waals surface area contributed by atoms with Crippen molar-refractivity contribution in [1.82, 2.24) is 5.32 Å². The number of carbonyl (C=O) groups is 2. The SMILES string of the molecule is C=C(OCCO)C(C)(C)CC.CCC(C)=NOC(=O)NCCOC(=O)C(C)(C)CC.CCC(C)c1ccccc1. The Morgan fingerprint density at radius 2 is 1.55 bits per heavy atom. The molecule has 230 valence electrons. The number of ether oxygens (including phenoxy) is 2. The van der Waals surface area contributed by atoms with Crippen LogP contribution < -0.4 is 5.32 Å². The normalized spacial score (nSPS) is 12.0. The van der Waals surface area contributed by atoms with Crippen LogP contribution in [0.15, 0.2) is 47.8 Å². The minimum atomic E-state index is -0.654. The topological polar surface area (TPSA) is 106 Å². The number of rotatable bonds is 14. The van der Waals surface area contributed by atoms with Crippen molar-refractivity contribution in [3.8, 4) is 0 Å². The maximum Gasteiger partial charge on any atom is 0.433 e. The molecule has 8 nitrogen and oxygen atoms in total. The lowest BCUT2D eigenvalue weighted by atomic mass is 9.88. The molecule has 0 aliphatic rings. The standard InChI is InChI=1S/C13H24N2O4.C10H14.C9H18O2/c1-6-10(3)15-19-12(17)14-8-9-18-11(16)13(4,5)7-2;1-3-9(2)10-7-5-4-6-8-10;1-5-9(3,4)8(2)11-7-6-10/h6-9H2,1-5H3,(H,14,17);4-9H,3H2,1-2H3;10H,2,5-7H2,1,3-4H3. The summed E-state index contributed by atoms with van der Waals surface area (Å²) < 4.78 is 10.3. The lowest BCUT2D eigenvalue weighted by Gasteiger charge is -2.25. The smallest absolute Gasteiger partial charge is 0.433 e. The number of carbonyl (C=O) groups excluding carboxylic acids is 2. The van der Waals surface area contributed by atoms with E-state index in [4.69, 9.17) is 14.6 Å². The highest BCUT2D eigenvalue weighted by Crippen LogP contribution is 2.29. The molecule has 40 heavy (non-hydrogen) atoms. The molecule has 0 aromatic heterocycles. The number of benzene rings is 1. The van der Waals surface area contributed by atoms with Crippen molar-refractivity contribution in [3.05, 3.63) is 48.2 Å². The zero-order valence-electron chi connectivity index (χ0n) is 26.8. The van der Waals surface area contributed by atoms with Crippen LogP contribution >= 0.6 is 0 Å². The Bertz CT molecular complexity index is 865. The number of oxime groups is 1. The largest absolute Gasteiger partial charge is 0.496 e. The Morgan fingerprint density at radius 1 is 0.975 bits per heavy atom. The van der Waals surface area contributed by atoms with E-state index >= 15 is 0 Å². The Morgan fingerprint density at radius 3 is 2.02 bits per heavy atom. The maximum absolute atomic E-state index is 11.6. The predicted molar refractivity (Wildman–Crippen MR) is 164 cm³/mol. The first-order valence-electron chi connectivity index (χ1n) is 14.4. The summed E-state index contributed by atoms with van der Waals surface area (Å²) in [6.07, 6.45) is 2.99. The van der Waals surface area contributed by atoms with Gasteiger partial charge in [0.2, 0.25) is 0 Å². The number of aliphatic hydroxyl groups excluding tert-OH is 1. The molecule has 1 amide bonds. The summed E-state index contributed by atoms with van der Waals surface area (Å²) in [7, 11) is 0. The molecule has 1 aromatic carbocycles. The summed E-state index contributed by atoms with van der Waals surface area (Å²) in [6, 6.07) is 10.6. The third kappa shape index (κ3) is 18.4. The number of esters is 1. The number of aliphatic hydroxyl groups is 1. The number of hydrogen-bond acceptors (Lipinski definition) is 7. The van der Waals surface area contributed by atoms with Gasteiger partial charge in [0.1, 0.15) is 13.2 Å². The second-order valence-electron chi connectivity index (χ2n) is 10.8. The van der Waals surface area contributed by atoms with Crippen molar-refractivity contribution < 1.29 is 29.0 Å². The molecule has 0 heterocycles. The Balaban J connectivity index is 0. The molecule has 0 fully saturated rings. The van der Waals surface area contributed by atoms with E-state index in [2.05, 4.69) is 86.8 Å². The summed E-state index contributed by atoms with van der Waals surface area (Å²) >= 11 is 0. The van der Waals surface area contributed by atoms with Crippen LogP contribution in [0.1, 0.15) is 106 Å². The van der Waals surface area contributed by atoms with Crippen molar-refractivity contribution in [1.29, 1.82) is 0 Å². The number of hydrogen-bond donors (Lipinski definition) is 2. The zero-order valence-corrected chi connectivity index (χ0v) is 26.8. The second kappa shape index (κ2) is 21.9. The molecular weight excluding hydrogens is 508 g/mol. The minimum Gasteiger partial charge on any atom is -0.496 e. The molecule has 0 radical (unpaired) electrons. The van der Waals surface area contributed by atoms with Gasteiger partial charge in [-0.25, -0.2) is 4.79 Å². The van der Waals surface area contributed by atoms with Gasteiger partial charge in [-0.15, -0.1) is 0 Å². The highest BCUT2D eigenvalue weighted by atomic mass is 16.7. The predicted octanol–water partition coefficient (Wildman–Crippen LogP) is 7.62. The van der Waals surface area contributed by atoms with Gasteiger partial charge in [-0.2, -0.15) is 0 Å². The Hall–Kier alpha value is -2.87. The lowest BCUT2D eigenvalue weighted by Crippen LogP contribution is -2.31. The molecule has 0 saturated carbocycles. The first kappa shape index (κ1) is 39.3. The fourth-order valence-electron chi connectivity index (χ4n) is 2.43. The van der Waals surface area contributed by atoms with Crippen molar-refractivity contribution in [2.75, 3.05) is 26.4 Å². The molecule has 0 bridgehead atoms. The summed E-state index contributed by atoms with van der Waals surface area (Å²) in [5, 5.41) is 14.5. The van der Waals surface area contributed by atoms with Gasteiger partial charge in [0.15, 0.2) is 0 Å². The minimum absolute atomic E-state index is 0.0230. The molecule has 0 saturated heterocycles. The van der Waals surface area contributed by atoms with Crippen LogP contribution in [-0.4, -0.2) is 49.2 Å². The van der Waals surface area contributed by atoms with Gasteiger partial charge in [0.05, 0.1) is 30.0 Å². The molecule has 8 heteroatoms. The molecular formula is C32H56N2O6. The summed E-state index contributed by atoms with van der Waals surface area (Å²) in [4.78, 5) is 27.4.